The maximum absolute atomic E-state index is 13.4. The first kappa shape index (κ1) is 25.3. The number of amides is 1. The molecule has 1 fully saturated rings. The van der Waals surface area contributed by atoms with Crippen molar-refractivity contribution in [3.05, 3.63) is 88.0 Å². The average molecular weight is 564 g/mol. The van der Waals surface area contributed by atoms with Crippen LogP contribution in [0.2, 0.25) is 0 Å². The van der Waals surface area contributed by atoms with E-state index in [1.165, 1.54) is 39.9 Å². The van der Waals surface area contributed by atoms with Crippen molar-refractivity contribution in [1.82, 2.24) is 9.88 Å². The van der Waals surface area contributed by atoms with E-state index in [0.29, 0.717) is 49.5 Å². The molecule has 0 N–H and O–H groups in total. The summed E-state index contributed by atoms with van der Waals surface area (Å²) in [6, 6.07) is 18.4. The van der Waals surface area contributed by atoms with Gasteiger partial charge in [-0.2, -0.15) is 0 Å². The van der Waals surface area contributed by atoms with Crippen LogP contribution in [0.4, 0.5) is 16.5 Å². The Morgan fingerprint density at radius 3 is 2.44 bits per heavy atom. The first-order chi connectivity index (χ1) is 18.8. The molecule has 10 nitrogen and oxygen atoms in total. The zero-order chi connectivity index (χ0) is 27.1. The minimum Gasteiger partial charge on any atom is -0.345 e. The van der Waals surface area contributed by atoms with Crippen LogP contribution in [0.1, 0.15) is 22.3 Å². The SMILES string of the molecule is O=C(c1ccc(S(=O)(=O)N2CCCc3ccccc32)cc1)N1CCN(c2nc3ccc([N+](=O)[O-])cc3s2)CC1. The van der Waals surface area contributed by atoms with Gasteiger partial charge in [-0.1, -0.05) is 29.5 Å². The molecule has 0 spiro atoms. The van der Waals surface area contributed by atoms with Gasteiger partial charge in [-0.15, -0.1) is 0 Å². The van der Waals surface area contributed by atoms with Crippen LogP contribution in [0, 0.1) is 10.1 Å². The van der Waals surface area contributed by atoms with Gasteiger partial charge >= 0.3 is 0 Å². The second kappa shape index (κ2) is 9.93. The lowest BCUT2D eigenvalue weighted by Gasteiger charge is -2.34. The minimum atomic E-state index is -3.74. The molecule has 1 amide bonds. The molecule has 0 bridgehead atoms. The summed E-state index contributed by atoms with van der Waals surface area (Å²) in [5.74, 6) is -0.151. The number of thiazole rings is 1. The van der Waals surface area contributed by atoms with Crippen molar-refractivity contribution in [1.29, 1.82) is 0 Å². The third-order valence-electron chi connectivity index (χ3n) is 7.17. The minimum absolute atomic E-state index is 0.0349. The quantitative estimate of drug-likeness (QED) is 0.262. The fourth-order valence-electron chi connectivity index (χ4n) is 5.08. The van der Waals surface area contributed by atoms with Crippen molar-refractivity contribution in [2.45, 2.75) is 17.7 Å². The molecule has 0 aliphatic carbocycles. The van der Waals surface area contributed by atoms with Crippen molar-refractivity contribution in [3.8, 4) is 0 Å². The molecular formula is C27H25N5O5S2. The maximum atomic E-state index is 13.4. The number of para-hydroxylation sites is 1. The summed E-state index contributed by atoms with van der Waals surface area (Å²) < 4.78 is 29.0. The van der Waals surface area contributed by atoms with Gasteiger partial charge in [-0.05, 0) is 54.8 Å². The number of carbonyl (C=O) groups excluding carboxylic acids is 1. The largest absolute Gasteiger partial charge is 0.345 e. The highest BCUT2D eigenvalue weighted by Gasteiger charge is 2.30. The van der Waals surface area contributed by atoms with Gasteiger partial charge in [-0.3, -0.25) is 19.2 Å². The zero-order valence-electron chi connectivity index (χ0n) is 20.9. The summed E-state index contributed by atoms with van der Waals surface area (Å²) in [6.07, 6.45) is 1.61. The van der Waals surface area contributed by atoms with Crippen molar-refractivity contribution in [2.24, 2.45) is 0 Å². The van der Waals surface area contributed by atoms with Gasteiger partial charge in [0, 0.05) is 50.4 Å². The second-order valence-corrected chi connectivity index (χ2v) is 12.4. The maximum Gasteiger partial charge on any atom is 0.270 e. The molecule has 4 aromatic rings. The number of hydrogen-bond donors (Lipinski definition) is 0. The number of hydrogen-bond acceptors (Lipinski definition) is 8. The Labute approximate surface area is 229 Å². The normalized spacial score (nSPS) is 15.8. The van der Waals surface area contributed by atoms with Crippen molar-refractivity contribution < 1.29 is 18.1 Å². The van der Waals surface area contributed by atoms with E-state index in [2.05, 4.69) is 9.88 Å². The van der Waals surface area contributed by atoms with Crippen LogP contribution in [0.5, 0.6) is 0 Å². The number of nitro benzene ring substituents is 1. The predicted octanol–water partition coefficient (Wildman–Crippen LogP) is 4.31. The monoisotopic (exact) mass is 563 g/mol. The third kappa shape index (κ3) is 4.70. The highest BCUT2D eigenvalue weighted by molar-refractivity contribution is 7.92. The van der Waals surface area contributed by atoms with Crippen molar-refractivity contribution in [2.75, 3.05) is 41.9 Å². The van der Waals surface area contributed by atoms with Gasteiger partial charge in [0.15, 0.2) is 5.13 Å². The summed E-state index contributed by atoms with van der Waals surface area (Å²) in [4.78, 5) is 32.4. The third-order valence-corrected chi connectivity index (χ3v) is 10.1. The number of fused-ring (bicyclic) bond motifs is 2. The highest BCUT2D eigenvalue weighted by Crippen LogP contribution is 2.33. The van der Waals surface area contributed by atoms with Crippen LogP contribution in [0.3, 0.4) is 0 Å². The van der Waals surface area contributed by atoms with Gasteiger partial charge in [0.25, 0.3) is 21.6 Å². The number of sulfonamides is 1. The fourth-order valence-corrected chi connectivity index (χ4v) is 7.67. The Kier molecular flexibility index (Phi) is 6.43. The lowest BCUT2D eigenvalue weighted by atomic mass is 10.0. The molecule has 0 radical (unpaired) electrons. The number of rotatable bonds is 5. The number of carbonyl (C=O) groups is 1. The number of nitrogens with zero attached hydrogens (tertiary/aromatic N) is 5. The lowest BCUT2D eigenvalue weighted by Crippen LogP contribution is -2.48. The summed E-state index contributed by atoms with van der Waals surface area (Å²) in [7, 11) is -3.74. The molecule has 200 valence electrons. The number of aromatic nitrogens is 1. The van der Waals surface area contributed by atoms with Crippen molar-refractivity contribution >= 4 is 54.0 Å². The van der Waals surface area contributed by atoms with Crippen LogP contribution in [-0.2, 0) is 16.4 Å². The van der Waals surface area contributed by atoms with E-state index in [1.54, 1.807) is 23.1 Å². The molecule has 1 saturated heterocycles. The molecule has 2 aliphatic heterocycles. The summed E-state index contributed by atoms with van der Waals surface area (Å²) >= 11 is 1.40. The Hall–Kier alpha value is -4.03. The predicted molar refractivity (Wildman–Crippen MR) is 150 cm³/mol. The van der Waals surface area contributed by atoms with Gasteiger partial charge in [0.1, 0.15) is 0 Å². The molecule has 3 aromatic carbocycles. The van der Waals surface area contributed by atoms with E-state index < -0.39 is 14.9 Å². The van der Waals surface area contributed by atoms with Crippen LogP contribution in [-0.4, -0.2) is 61.9 Å². The first-order valence-corrected chi connectivity index (χ1v) is 14.9. The highest BCUT2D eigenvalue weighted by atomic mass is 32.2. The number of piperazine rings is 1. The van der Waals surface area contributed by atoms with Crippen LogP contribution in [0.25, 0.3) is 10.2 Å². The van der Waals surface area contributed by atoms with Crippen LogP contribution in [0.15, 0.2) is 71.6 Å². The Morgan fingerprint density at radius 2 is 1.69 bits per heavy atom. The second-order valence-electron chi connectivity index (χ2n) is 9.52. The number of nitro groups is 1. The van der Waals surface area contributed by atoms with Crippen LogP contribution < -0.4 is 9.21 Å². The van der Waals surface area contributed by atoms with Crippen molar-refractivity contribution in [3.63, 3.8) is 0 Å². The Balaban J connectivity index is 1.13. The number of aryl methyl sites for hydroxylation is 1. The van der Waals surface area contributed by atoms with E-state index in [1.807, 2.05) is 24.3 Å². The van der Waals surface area contributed by atoms with E-state index in [-0.39, 0.29) is 16.5 Å². The molecule has 3 heterocycles. The summed E-state index contributed by atoms with van der Waals surface area (Å²) in [5, 5.41) is 11.8. The molecule has 0 atom stereocenters. The smallest absolute Gasteiger partial charge is 0.270 e. The number of benzene rings is 3. The van der Waals surface area contributed by atoms with Crippen LogP contribution >= 0.6 is 11.3 Å². The molecule has 0 unspecified atom stereocenters. The van der Waals surface area contributed by atoms with Gasteiger partial charge in [0.05, 0.1) is 25.7 Å². The fraction of sp³-hybridized carbons (Fsp3) is 0.259. The van der Waals surface area contributed by atoms with Gasteiger partial charge < -0.3 is 9.80 Å². The molecule has 0 saturated carbocycles. The molecule has 1 aromatic heterocycles. The Morgan fingerprint density at radius 1 is 0.949 bits per heavy atom. The first-order valence-electron chi connectivity index (χ1n) is 12.6. The topological polar surface area (TPSA) is 117 Å². The van der Waals surface area contributed by atoms with E-state index in [9.17, 15) is 23.3 Å². The number of non-ortho nitro benzene ring substituents is 1. The summed E-state index contributed by atoms with van der Waals surface area (Å²) in [5.41, 5.74) is 2.92. The molecular weight excluding hydrogens is 538 g/mol. The molecule has 2 aliphatic rings. The lowest BCUT2D eigenvalue weighted by molar-refractivity contribution is -0.384. The average Bonchev–Trinajstić information content (AvgIpc) is 3.40. The standard InChI is InChI=1S/C27H25N5O5S2/c33-26(29-14-16-30(17-15-29)27-28-23-12-9-21(32(34)35)18-25(23)38-27)20-7-10-22(11-8-20)39(36,37)31-13-3-5-19-4-1-2-6-24(19)31/h1-2,4,6-12,18H,3,5,13-17H2. The number of anilines is 2. The van der Waals surface area contributed by atoms with E-state index in [4.69, 9.17) is 0 Å². The van der Waals surface area contributed by atoms with E-state index in [0.717, 1.165) is 28.2 Å². The molecule has 12 heteroatoms. The van der Waals surface area contributed by atoms with E-state index >= 15 is 0 Å². The summed E-state index contributed by atoms with van der Waals surface area (Å²) in [6.45, 7) is 2.55. The van der Waals surface area contributed by atoms with Gasteiger partial charge in [-0.25, -0.2) is 13.4 Å². The Bertz CT molecular complexity index is 1680. The zero-order valence-corrected chi connectivity index (χ0v) is 22.5. The molecule has 6 rings (SSSR count). The molecule has 39 heavy (non-hydrogen) atoms. The van der Waals surface area contributed by atoms with Gasteiger partial charge in [0.2, 0.25) is 0 Å².